The molecule has 0 saturated carbocycles. The van der Waals surface area contributed by atoms with E-state index in [4.69, 9.17) is 4.52 Å². The highest BCUT2D eigenvalue weighted by Gasteiger charge is 2.19. The molecule has 1 aliphatic rings. The predicted molar refractivity (Wildman–Crippen MR) is 82.5 cm³/mol. The van der Waals surface area contributed by atoms with Crippen LogP contribution in [0.2, 0.25) is 0 Å². The van der Waals surface area contributed by atoms with Crippen LogP contribution in [0.1, 0.15) is 23.7 Å². The SMILES string of the molecule is Cc1ccc(NC(=O)Cc2noc(CC3CCNC3)n2)cc1. The molecule has 1 aromatic heterocycles. The van der Waals surface area contributed by atoms with E-state index in [2.05, 4.69) is 20.8 Å². The van der Waals surface area contributed by atoms with E-state index < -0.39 is 0 Å². The zero-order valence-electron chi connectivity index (χ0n) is 12.6. The minimum Gasteiger partial charge on any atom is -0.339 e. The Kier molecular flexibility index (Phi) is 4.48. The molecule has 1 aliphatic heterocycles. The number of benzene rings is 1. The zero-order chi connectivity index (χ0) is 15.4. The first-order valence-electron chi connectivity index (χ1n) is 7.58. The largest absolute Gasteiger partial charge is 0.339 e. The van der Waals surface area contributed by atoms with Crippen molar-refractivity contribution in [1.82, 2.24) is 15.5 Å². The molecule has 0 spiro atoms. The van der Waals surface area contributed by atoms with Gasteiger partial charge in [0.1, 0.15) is 0 Å². The van der Waals surface area contributed by atoms with Crippen molar-refractivity contribution in [2.45, 2.75) is 26.2 Å². The fourth-order valence-electron chi connectivity index (χ4n) is 2.57. The first-order valence-corrected chi connectivity index (χ1v) is 7.58. The standard InChI is InChI=1S/C16H20N4O2/c1-11-2-4-13(5-3-11)18-15(21)9-14-19-16(22-20-14)8-12-6-7-17-10-12/h2-5,12,17H,6-10H2,1H3,(H,18,21). The topological polar surface area (TPSA) is 80.0 Å². The third-order valence-corrected chi connectivity index (χ3v) is 3.79. The lowest BCUT2D eigenvalue weighted by molar-refractivity contribution is -0.115. The van der Waals surface area contributed by atoms with Gasteiger partial charge in [-0.15, -0.1) is 0 Å². The normalized spacial score (nSPS) is 17.6. The summed E-state index contributed by atoms with van der Waals surface area (Å²) in [5, 5.41) is 10.0. The van der Waals surface area contributed by atoms with Gasteiger partial charge in [0.2, 0.25) is 11.8 Å². The second-order valence-corrected chi connectivity index (χ2v) is 5.76. The van der Waals surface area contributed by atoms with Gasteiger partial charge in [0.15, 0.2) is 5.82 Å². The molecule has 2 heterocycles. The number of aryl methyl sites for hydroxylation is 1. The highest BCUT2D eigenvalue weighted by Crippen LogP contribution is 2.14. The average Bonchev–Trinajstić information content (AvgIpc) is 3.14. The number of carbonyl (C=O) groups is 1. The molecule has 1 aromatic carbocycles. The van der Waals surface area contributed by atoms with Crippen molar-refractivity contribution in [2.24, 2.45) is 5.92 Å². The Morgan fingerprint density at radius 3 is 2.95 bits per heavy atom. The molecule has 2 aromatic rings. The first-order chi connectivity index (χ1) is 10.7. The minimum atomic E-state index is -0.140. The maximum absolute atomic E-state index is 12.0. The van der Waals surface area contributed by atoms with Crippen LogP contribution in [0.4, 0.5) is 5.69 Å². The number of amides is 1. The number of nitrogens with one attached hydrogen (secondary N) is 2. The van der Waals surface area contributed by atoms with Crippen molar-refractivity contribution in [3.8, 4) is 0 Å². The molecule has 0 bridgehead atoms. The molecule has 1 unspecified atom stereocenters. The molecule has 6 nitrogen and oxygen atoms in total. The van der Waals surface area contributed by atoms with Gasteiger partial charge in [0, 0.05) is 12.1 Å². The van der Waals surface area contributed by atoms with Crippen LogP contribution in [-0.4, -0.2) is 29.1 Å². The fraction of sp³-hybridized carbons (Fsp3) is 0.438. The lowest BCUT2D eigenvalue weighted by Crippen LogP contribution is -2.15. The van der Waals surface area contributed by atoms with E-state index in [-0.39, 0.29) is 12.3 Å². The van der Waals surface area contributed by atoms with Gasteiger partial charge in [-0.05, 0) is 44.5 Å². The monoisotopic (exact) mass is 300 g/mol. The average molecular weight is 300 g/mol. The van der Waals surface area contributed by atoms with E-state index in [0.717, 1.165) is 37.2 Å². The van der Waals surface area contributed by atoms with Gasteiger partial charge < -0.3 is 15.2 Å². The van der Waals surface area contributed by atoms with E-state index in [1.54, 1.807) is 0 Å². The molecule has 3 rings (SSSR count). The summed E-state index contributed by atoms with van der Waals surface area (Å²) in [5.41, 5.74) is 1.93. The molecule has 22 heavy (non-hydrogen) atoms. The van der Waals surface area contributed by atoms with Gasteiger partial charge in [-0.2, -0.15) is 4.98 Å². The summed E-state index contributed by atoms with van der Waals surface area (Å²) in [6.45, 7) is 4.04. The number of aromatic nitrogens is 2. The third-order valence-electron chi connectivity index (χ3n) is 3.79. The summed E-state index contributed by atoms with van der Waals surface area (Å²) < 4.78 is 5.22. The highest BCUT2D eigenvalue weighted by atomic mass is 16.5. The molecule has 2 N–H and O–H groups in total. The second-order valence-electron chi connectivity index (χ2n) is 5.76. The minimum absolute atomic E-state index is 0.125. The molecule has 0 aliphatic carbocycles. The Balaban J connectivity index is 1.52. The van der Waals surface area contributed by atoms with Gasteiger partial charge in [-0.3, -0.25) is 4.79 Å². The van der Waals surface area contributed by atoms with Crippen LogP contribution in [0.3, 0.4) is 0 Å². The van der Waals surface area contributed by atoms with E-state index in [0.29, 0.717) is 17.6 Å². The maximum atomic E-state index is 12.0. The highest BCUT2D eigenvalue weighted by molar-refractivity contribution is 5.91. The fourth-order valence-corrected chi connectivity index (χ4v) is 2.57. The number of carbonyl (C=O) groups excluding carboxylic acids is 1. The van der Waals surface area contributed by atoms with Crippen molar-refractivity contribution in [1.29, 1.82) is 0 Å². The molecular formula is C16H20N4O2. The van der Waals surface area contributed by atoms with Gasteiger partial charge in [0.05, 0.1) is 6.42 Å². The number of anilines is 1. The van der Waals surface area contributed by atoms with Crippen LogP contribution in [0.25, 0.3) is 0 Å². The Morgan fingerprint density at radius 2 is 2.23 bits per heavy atom. The Bertz CT molecular complexity index is 630. The van der Waals surface area contributed by atoms with Gasteiger partial charge in [0.25, 0.3) is 0 Å². The third kappa shape index (κ3) is 3.92. The summed E-state index contributed by atoms with van der Waals surface area (Å²) in [4.78, 5) is 16.3. The van der Waals surface area contributed by atoms with Crippen molar-refractivity contribution in [3.05, 3.63) is 41.5 Å². The Hall–Kier alpha value is -2.21. The van der Waals surface area contributed by atoms with Crippen molar-refractivity contribution in [3.63, 3.8) is 0 Å². The summed E-state index contributed by atoms with van der Waals surface area (Å²) in [7, 11) is 0. The van der Waals surface area contributed by atoms with Crippen LogP contribution in [0.15, 0.2) is 28.8 Å². The van der Waals surface area contributed by atoms with E-state index in [9.17, 15) is 4.79 Å². The van der Waals surface area contributed by atoms with E-state index in [1.165, 1.54) is 0 Å². The summed E-state index contributed by atoms with van der Waals surface area (Å²) in [6, 6.07) is 7.67. The molecule has 1 atom stereocenters. The van der Waals surface area contributed by atoms with Crippen LogP contribution >= 0.6 is 0 Å². The molecule has 1 fully saturated rings. The van der Waals surface area contributed by atoms with Crippen LogP contribution < -0.4 is 10.6 Å². The van der Waals surface area contributed by atoms with Crippen LogP contribution in [0.5, 0.6) is 0 Å². The molecule has 1 saturated heterocycles. The summed E-state index contributed by atoms with van der Waals surface area (Å²) >= 11 is 0. The maximum Gasteiger partial charge on any atom is 0.232 e. The van der Waals surface area contributed by atoms with Gasteiger partial charge in [-0.1, -0.05) is 22.9 Å². The van der Waals surface area contributed by atoms with Gasteiger partial charge >= 0.3 is 0 Å². The van der Waals surface area contributed by atoms with Crippen molar-refractivity contribution < 1.29 is 9.32 Å². The summed E-state index contributed by atoms with van der Waals surface area (Å²) in [6.07, 6.45) is 2.03. The summed E-state index contributed by atoms with van der Waals surface area (Å²) in [5.74, 6) is 1.46. The Morgan fingerprint density at radius 1 is 1.41 bits per heavy atom. The number of rotatable bonds is 5. The van der Waals surface area contributed by atoms with E-state index in [1.807, 2.05) is 31.2 Å². The number of nitrogens with zero attached hydrogens (tertiary/aromatic N) is 2. The van der Waals surface area contributed by atoms with Crippen LogP contribution in [0, 0.1) is 12.8 Å². The molecule has 0 radical (unpaired) electrons. The lowest BCUT2D eigenvalue weighted by atomic mass is 10.1. The van der Waals surface area contributed by atoms with Crippen molar-refractivity contribution in [2.75, 3.05) is 18.4 Å². The van der Waals surface area contributed by atoms with Crippen molar-refractivity contribution >= 4 is 11.6 Å². The predicted octanol–water partition coefficient (Wildman–Crippen LogP) is 1.71. The van der Waals surface area contributed by atoms with Gasteiger partial charge in [-0.25, -0.2) is 0 Å². The zero-order valence-corrected chi connectivity index (χ0v) is 12.6. The smallest absolute Gasteiger partial charge is 0.232 e. The molecule has 1 amide bonds. The molecule has 116 valence electrons. The molecule has 6 heteroatoms. The number of hydrogen-bond donors (Lipinski definition) is 2. The lowest BCUT2D eigenvalue weighted by Gasteiger charge is -2.03. The Labute approximate surface area is 129 Å². The quantitative estimate of drug-likeness (QED) is 0.878. The van der Waals surface area contributed by atoms with E-state index >= 15 is 0 Å². The van der Waals surface area contributed by atoms with Crippen LogP contribution in [-0.2, 0) is 17.6 Å². The second kappa shape index (κ2) is 6.70. The first kappa shape index (κ1) is 14.7. The number of hydrogen-bond acceptors (Lipinski definition) is 5. The molecular weight excluding hydrogens is 280 g/mol.